The van der Waals surface area contributed by atoms with Crippen molar-refractivity contribution < 1.29 is 0 Å². The van der Waals surface area contributed by atoms with Gasteiger partial charge in [0.1, 0.15) is 5.82 Å². The highest BCUT2D eigenvalue weighted by atomic mass is 15.3. The highest BCUT2D eigenvalue weighted by molar-refractivity contribution is 5.59. The molecular weight excluding hydrogens is 358 g/mol. The van der Waals surface area contributed by atoms with Gasteiger partial charge in [-0.1, -0.05) is 24.3 Å². The fourth-order valence-electron chi connectivity index (χ4n) is 3.85. The predicted molar refractivity (Wildman–Crippen MR) is 122 cm³/mol. The van der Waals surface area contributed by atoms with Gasteiger partial charge in [-0.3, -0.25) is 0 Å². The summed E-state index contributed by atoms with van der Waals surface area (Å²) in [6.07, 6.45) is 0. The van der Waals surface area contributed by atoms with Gasteiger partial charge in [0.25, 0.3) is 0 Å². The molecule has 4 rings (SSSR count). The van der Waals surface area contributed by atoms with E-state index in [1.165, 1.54) is 22.4 Å². The number of nitrogens with zero attached hydrogens (tertiary/aromatic N) is 4. The maximum Gasteiger partial charge on any atom is 0.227 e. The van der Waals surface area contributed by atoms with Crippen LogP contribution in [0.25, 0.3) is 0 Å². The molecule has 2 aromatic carbocycles. The van der Waals surface area contributed by atoms with Crippen LogP contribution in [-0.4, -0.2) is 36.1 Å². The molecule has 1 aliphatic rings. The fraction of sp³-hybridized carbons (Fsp3) is 0.333. The van der Waals surface area contributed by atoms with Gasteiger partial charge < -0.3 is 15.1 Å². The third-order valence-corrected chi connectivity index (χ3v) is 5.61. The zero-order valence-electron chi connectivity index (χ0n) is 17.7. The van der Waals surface area contributed by atoms with Crippen LogP contribution >= 0.6 is 0 Å². The Morgan fingerprint density at radius 2 is 1.52 bits per heavy atom. The van der Waals surface area contributed by atoms with E-state index in [-0.39, 0.29) is 0 Å². The molecule has 29 heavy (non-hydrogen) atoms. The minimum Gasteiger partial charge on any atom is -0.368 e. The van der Waals surface area contributed by atoms with Crippen molar-refractivity contribution in [1.29, 1.82) is 0 Å². The third-order valence-electron chi connectivity index (χ3n) is 5.61. The van der Waals surface area contributed by atoms with Gasteiger partial charge in [-0.25, -0.2) is 4.98 Å². The highest BCUT2D eigenvalue weighted by Crippen LogP contribution is 2.25. The van der Waals surface area contributed by atoms with Crippen molar-refractivity contribution in [3.8, 4) is 0 Å². The topological polar surface area (TPSA) is 44.3 Å². The second-order valence-electron chi connectivity index (χ2n) is 7.88. The van der Waals surface area contributed by atoms with Gasteiger partial charge >= 0.3 is 0 Å². The minimum absolute atomic E-state index is 0.806. The monoisotopic (exact) mass is 387 g/mol. The van der Waals surface area contributed by atoms with Crippen LogP contribution in [0, 0.1) is 27.7 Å². The molecule has 1 N–H and O–H groups in total. The molecule has 5 heteroatoms. The number of hydrogen-bond acceptors (Lipinski definition) is 5. The lowest BCUT2D eigenvalue weighted by atomic mass is 10.1. The predicted octanol–water partition coefficient (Wildman–Crippen LogP) is 4.78. The summed E-state index contributed by atoms with van der Waals surface area (Å²) in [4.78, 5) is 14.3. The summed E-state index contributed by atoms with van der Waals surface area (Å²) in [5, 5.41) is 3.43. The van der Waals surface area contributed by atoms with Crippen LogP contribution in [0.15, 0.2) is 48.5 Å². The van der Waals surface area contributed by atoms with Crippen LogP contribution < -0.4 is 15.1 Å². The van der Waals surface area contributed by atoms with Gasteiger partial charge in [-0.05, 0) is 62.6 Å². The standard InChI is InChI=1S/C24H29N5/c1-17-7-5-9-21(15-17)26-23-16-19(3)25-24(27-23)29-13-11-28(12-14-29)22-10-6-8-18(2)20(22)4/h5-10,15-16H,11-14H2,1-4H3,(H,25,26,27). The molecule has 1 aliphatic heterocycles. The molecule has 1 saturated heterocycles. The van der Waals surface area contributed by atoms with Crippen LogP contribution in [0.3, 0.4) is 0 Å². The average molecular weight is 388 g/mol. The summed E-state index contributed by atoms with van der Waals surface area (Å²) in [6.45, 7) is 12.3. The molecule has 3 aromatic rings. The molecule has 0 radical (unpaired) electrons. The second kappa shape index (κ2) is 8.11. The van der Waals surface area contributed by atoms with Crippen LogP contribution in [0.5, 0.6) is 0 Å². The van der Waals surface area contributed by atoms with Gasteiger partial charge in [-0.2, -0.15) is 4.98 Å². The molecule has 5 nitrogen and oxygen atoms in total. The van der Waals surface area contributed by atoms with E-state index in [2.05, 4.69) is 78.4 Å². The van der Waals surface area contributed by atoms with Crippen molar-refractivity contribution in [1.82, 2.24) is 9.97 Å². The fourth-order valence-corrected chi connectivity index (χ4v) is 3.85. The van der Waals surface area contributed by atoms with Crippen LogP contribution in [0.1, 0.15) is 22.4 Å². The Bertz CT molecular complexity index is 1010. The highest BCUT2D eigenvalue weighted by Gasteiger charge is 2.21. The molecule has 1 fully saturated rings. The Labute approximate surface area is 173 Å². The van der Waals surface area contributed by atoms with Crippen molar-refractivity contribution >= 4 is 23.1 Å². The zero-order chi connectivity index (χ0) is 20.4. The molecular formula is C24H29N5. The first kappa shape index (κ1) is 19.2. The van der Waals surface area contributed by atoms with Crippen LogP contribution in [-0.2, 0) is 0 Å². The van der Waals surface area contributed by atoms with E-state index in [9.17, 15) is 0 Å². The molecule has 1 aromatic heterocycles. The summed E-state index contributed by atoms with van der Waals surface area (Å²) in [6, 6.07) is 16.9. The number of rotatable bonds is 4. The number of nitrogens with one attached hydrogen (secondary N) is 1. The number of aryl methyl sites for hydroxylation is 3. The number of anilines is 4. The Morgan fingerprint density at radius 3 is 2.28 bits per heavy atom. The Hall–Kier alpha value is -3.08. The summed E-state index contributed by atoms with van der Waals surface area (Å²) in [5.41, 5.74) is 7.31. The molecule has 0 unspecified atom stereocenters. The average Bonchev–Trinajstić information content (AvgIpc) is 2.70. The molecule has 0 atom stereocenters. The number of hydrogen-bond donors (Lipinski definition) is 1. The van der Waals surface area contributed by atoms with Gasteiger partial charge in [0.2, 0.25) is 5.95 Å². The van der Waals surface area contributed by atoms with E-state index >= 15 is 0 Å². The van der Waals surface area contributed by atoms with Crippen molar-refractivity contribution in [2.75, 3.05) is 41.3 Å². The lowest BCUT2D eigenvalue weighted by Crippen LogP contribution is -2.47. The Balaban J connectivity index is 1.48. The Morgan fingerprint density at radius 1 is 0.793 bits per heavy atom. The molecule has 0 aliphatic carbocycles. The lowest BCUT2D eigenvalue weighted by Gasteiger charge is -2.37. The summed E-state index contributed by atoms with van der Waals surface area (Å²) < 4.78 is 0. The van der Waals surface area contributed by atoms with E-state index in [4.69, 9.17) is 9.97 Å². The quantitative estimate of drug-likeness (QED) is 0.698. The first-order chi connectivity index (χ1) is 14.0. The first-order valence-corrected chi connectivity index (χ1v) is 10.2. The summed E-state index contributed by atoms with van der Waals surface area (Å²) in [5.74, 6) is 1.65. The normalized spacial score (nSPS) is 14.2. The number of aromatic nitrogens is 2. The second-order valence-corrected chi connectivity index (χ2v) is 7.88. The van der Waals surface area contributed by atoms with Crippen molar-refractivity contribution in [3.05, 3.63) is 70.9 Å². The third kappa shape index (κ3) is 4.34. The van der Waals surface area contributed by atoms with Gasteiger partial charge in [0.05, 0.1) is 0 Å². The number of benzene rings is 2. The van der Waals surface area contributed by atoms with Crippen molar-refractivity contribution in [2.24, 2.45) is 0 Å². The van der Waals surface area contributed by atoms with Gasteiger partial charge in [-0.15, -0.1) is 0 Å². The first-order valence-electron chi connectivity index (χ1n) is 10.2. The van der Waals surface area contributed by atoms with Crippen LogP contribution in [0.2, 0.25) is 0 Å². The van der Waals surface area contributed by atoms with Crippen LogP contribution in [0.4, 0.5) is 23.1 Å². The van der Waals surface area contributed by atoms with Gasteiger partial charge in [0, 0.05) is 49.3 Å². The zero-order valence-corrected chi connectivity index (χ0v) is 17.7. The SMILES string of the molecule is Cc1cccc(Nc2cc(C)nc(N3CCN(c4cccc(C)c4C)CC3)n2)c1. The summed E-state index contributed by atoms with van der Waals surface area (Å²) >= 11 is 0. The van der Waals surface area contributed by atoms with E-state index in [0.717, 1.165) is 49.3 Å². The maximum absolute atomic E-state index is 4.80. The molecule has 0 amide bonds. The molecule has 0 spiro atoms. The van der Waals surface area contributed by atoms with E-state index < -0.39 is 0 Å². The van der Waals surface area contributed by atoms with E-state index in [0.29, 0.717) is 0 Å². The molecule has 150 valence electrons. The maximum atomic E-state index is 4.80. The molecule has 2 heterocycles. The van der Waals surface area contributed by atoms with Gasteiger partial charge in [0.15, 0.2) is 0 Å². The Kier molecular flexibility index (Phi) is 5.38. The smallest absolute Gasteiger partial charge is 0.227 e. The van der Waals surface area contributed by atoms with Crippen molar-refractivity contribution in [3.63, 3.8) is 0 Å². The molecule has 0 saturated carbocycles. The minimum atomic E-state index is 0.806. The lowest BCUT2D eigenvalue weighted by molar-refractivity contribution is 0.638. The van der Waals surface area contributed by atoms with E-state index in [1.807, 2.05) is 13.0 Å². The van der Waals surface area contributed by atoms with E-state index in [1.54, 1.807) is 0 Å². The number of piperazine rings is 1. The molecule has 0 bridgehead atoms. The van der Waals surface area contributed by atoms with Crippen molar-refractivity contribution in [2.45, 2.75) is 27.7 Å². The summed E-state index contributed by atoms with van der Waals surface area (Å²) in [7, 11) is 0. The largest absolute Gasteiger partial charge is 0.368 e.